The van der Waals surface area contributed by atoms with Crippen molar-refractivity contribution in [2.75, 3.05) is 13.2 Å². The maximum absolute atomic E-state index is 11.5. The van der Waals surface area contributed by atoms with Crippen LogP contribution in [0.2, 0.25) is 0 Å². The van der Waals surface area contributed by atoms with E-state index >= 15 is 0 Å². The lowest BCUT2D eigenvalue weighted by atomic mass is 10.1. The molecule has 0 amide bonds. The Bertz CT molecular complexity index is 405. The quantitative estimate of drug-likeness (QED) is 0.706. The van der Waals surface area contributed by atoms with Crippen molar-refractivity contribution in [2.24, 2.45) is 0 Å². The molecule has 106 valence electrons. The Balaban J connectivity index is 2.60. The zero-order valence-electron chi connectivity index (χ0n) is 12.6. The van der Waals surface area contributed by atoms with Gasteiger partial charge in [0, 0.05) is 18.6 Å². The third kappa shape index (κ3) is 4.67. The van der Waals surface area contributed by atoms with E-state index < -0.39 is 0 Å². The smallest absolute Gasteiger partial charge is 0.163 e. The molecule has 0 fully saturated rings. The fraction of sp³-hybridized carbons (Fsp3) is 0.562. The minimum Gasteiger partial charge on any atom is -0.491 e. The zero-order valence-corrected chi connectivity index (χ0v) is 12.6. The van der Waals surface area contributed by atoms with Gasteiger partial charge < -0.3 is 4.74 Å². The number of ether oxygens (including phenoxy) is 1. The largest absolute Gasteiger partial charge is 0.491 e. The normalized spacial score (nSPS) is 11.4. The molecular weight excluding hydrogens is 238 g/mol. The van der Waals surface area contributed by atoms with Gasteiger partial charge in [0.1, 0.15) is 12.4 Å². The molecule has 0 atom stereocenters. The van der Waals surface area contributed by atoms with Crippen LogP contribution >= 0.6 is 0 Å². The summed E-state index contributed by atoms with van der Waals surface area (Å²) in [6, 6.07) is 8.40. The Morgan fingerprint density at radius 1 is 1.16 bits per heavy atom. The number of nitrogens with zero attached hydrogens (tertiary/aromatic N) is 1. The number of carbonyl (C=O) groups is 1. The highest BCUT2D eigenvalue weighted by Crippen LogP contribution is 2.18. The summed E-state index contributed by atoms with van der Waals surface area (Å²) < 4.78 is 5.77. The van der Waals surface area contributed by atoms with Gasteiger partial charge in [0.05, 0.1) is 5.56 Å². The molecule has 0 aliphatic heterocycles. The van der Waals surface area contributed by atoms with Crippen molar-refractivity contribution in [2.45, 2.75) is 46.7 Å². The molecule has 0 saturated heterocycles. The van der Waals surface area contributed by atoms with Gasteiger partial charge in [0.15, 0.2) is 5.78 Å². The second-order valence-electron chi connectivity index (χ2n) is 5.33. The van der Waals surface area contributed by atoms with Crippen LogP contribution in [0.5, 0.6) is 5.75 Å². The summed E-state index contributed by atoms with van der Waals surface area (Å²) in [5, 5.41) is 0. The van der Waals surface area contributed by atoms with E-state index in [-0.39, 0.29) is 5.78 Å². The van der Waals surface area contributed by atoms with Gasteiger partial charge in [0.25, 0.3) is 0 Å². The lowest BCUT2D eigenvalue weighted by molar-refractivity contribution is 0.101. The molecule has 0 saturated carbocycles. The maximum Gasteiger partial charge on any atom is 0.163 e. The van der Waals surface area contributed by atoms with E-state index in [1.165, 1.54) is 0 Å². The molecule has 1 rings (SSSR count). The van der Waals surface area contributed by atoms with Crippen LogP contribution in [0.3, 0.4) is 0 Å². The summed E-state index contributed by atoms with van der Waals surface area (Å²) in [7, 11) is 0. The van der Waals surface area contributed by atoms with Crippen molar-refractivity contribution in [1.29, 1.82) is 0 Å². The molecule has 0 heterocycles. The van der Waals surface area contributed by atoms with Gasteiger partial charge >= 0.3 is 0 Å². The minimum atomic E-state index is 0.0418. The van der Waals surface area contributed by atoms with E-state index in [4.69, 9.17) is 4.74 Å². The summed E-state index contributed by atoms with van der Waals surface area (Å²) in [5.41, 5.74) is 0.656. The van der Waals surface area contributed by atoms with Gasteiger partial charge in [0.2, 0.25) is 0 Å². The first kappa shape index (κ1) is 15.7. The van der Waals surface area contributed by atoms with Gasteiger partial charge in [-0.2, -0.15) is 0 Å². The third-order valence-corrected chi connectivity index (χ3v) is 3.20. The zero-order chi connectivity index (χ0) is 14.4. The summed E-state index contributed by atoms with van der Waals surface area (Å²) in [4.78, 5) is 13.9. The molecule has 1 aromatic rings. The Labute approximate surface area is 116 Å². The highest BCUT2D eigenvalue weighted by atomic mass is 16.5. The first-order valence-corrected chi connectivity index (χ1v) is 6.92. The average Bonchev–Trinajstić information content (AvgIpc) is 2.33. The van der Waals surface area contributed by atoms with Crippen molar-refractivity contribution in [3.05, 3.63) is 29.8 Å². The van der Waals surface area contributed by atoms with Gasteiger partial charge in [-0.1, -0.05) is 12.1 Å². The summed E-state index contributed by atoms with van der Waals surface area (Å²) >= 11 is 0. The van der Waals surface area contributed by atoms with E-state index in [2.05, 4.69) is 32.6 Å². The van der Waals surface area contributed by atoms with Gasteiger partial charge in [-0.25, -0.2) is 0 Å². The van der Waals surface area contributed by atoms with Crippen LogP contribution in [0, 0.1) is 0 Å². The molecule has 19 heavy (non-hydrogen) atoms. The Kier molecular flexibility index (Phi) is 6.03. The number of rotatable bonds is 7. The first-order chi connectivity index (χ1) is 8.93. The number of carbonyl (C=O) groups excluding carboxylic acids is 1. The fourth-order valence-electron chi connectivity index (χ4n) is 2.26. The maximum atomic E-state index is 11.5. The number of hydrogen-bond donors (Lipinski definition) is 0. The summed E-state index contributed by atoms with van der Waals surface area (Å²) in [6.45, 7) is 11.8. The molecule has 1 aromatic carbocycles. The van der Waals surface area contributed by atoms with E-state index in [1.807, 2.05) is 18.2 Å². The highest BCUT2D eigenvalue weighted by Gasteiger charge is 2.13. The molecule has 3 nitrogen and oxygen atoms in total. The topological polar surface area (TPSA) is 29.5 Å². The molecule has 0 spiro atoms. The van der Waals surface area contributed by atoms with Crippen LogP contribution in [0.4, 0.5) is 0 Å². The van der Waals surface area contributed by atoms with Crippen LogP contribution < -0.4 is 4.74 Å². The lowest BCUT2D eigenvalue weighted by Gasteiger charge is -2.30. The molecule has 0 aromatic heterocycles. The predicted octanol–water partition coefficient (Wildman–Crippen LogP) is 3.39. The molecular formula is C16H25NO2. The molecule has 0 aliphatic carbocycles. The van der Waals surface area contributed by atoms with Crippen LogP contribution in [-0.2, 0) is 0 Å². The Morgan fingerprint density at radius 3 is 2.26 bits per heavy atom. The Hall–Kier alpha value is -1.35. The number of hydrogen-bond acceptors (Lipinski definition) is 3. The second-order valence-corrected chi connectivity index (χ2v) is 5.33. The minimum absolute atomic E-state index is 0.0418. The molecule has 0 N–H and O–H groups in total. The first-order valence-electron chi connectivity index (χ1n) is 6.92. The molecule has 0 unspecified atom stereocenters. The lowest BCUT2D eigenvalue weighted by Crippen LogP contribution is -2.39. The predicted molar refractivity (Wildman–Crippen MR) is 78.9 cm³/mol. The Morgan fingerprint density at radius 2 is 1.74 bits per heavy atom. The second kappa shape index (κ2) is 7.29. The SMILES string of the molecule is CC(=O)c1ccccc1OCCN(C(C)C)C(C)C. The number of ketones is 1. The molecule has 0 bridgehead atoms. The number of benzene rings is 1. The van der Waals surface area contributed by atoms with Crippen molar-refractivity contribution in [1.82, 2.24) is 4.90 Å². The standard InChI is InChI=1S/C16H25NO2/c1-12(2)17(13(3)4)10-11-19-16-9-7-6-8-15(16)14(5)18/h6-9,12-13H,10-11H2,1-5H3. The van der Waals surface area contributed by atoms with Crippen molar-refractivity contribution in [3.63, 3.8) is 0 Å². The molecule has 3 heteroatoms. The van der Waals surface area contributed by atoms with E-state index in [1.54, 1.807) is 13.0 Å². The molecule has 0 radical (unpaired) electrons. The van der Waals surface area contributed by atoms with Crippen molar-refractivity contribution in [3.8, 4) is 5.75 Å². The molecule has 0 aliphatic rings. The van der Waals surface area contributed by atoms with E-state index in [9.17, 15) is 4.79 Å². The van der Waals surface area contributed by atoms with Gasteiger partial charge in [-0.15, -0.1) is 0 Å². The van der Waals surface area contributed by atoms with Crippen LogP contribution in [-0.4, -0.2) is 35.9 Å². The number of para-hydroxylation sites is 1. The summed E-state index contributed by atoms with van der Waals surface area (Å²) in [6.07, 6.45) is 0. The summed E-state index contributed by atoms with van der Waals surface area (Å²) in [5.74, 6) is 0.725. The van der Waals surface area contributed by atoms with Crippen LogP contribution in [0.1, 0.15) is 45.0 Å². The van der Waals surface area contributed by atoms with E-state index in [0.29, 0.717) is 30.0 Å². The van der Waals surface area contributed by atoms with E-state index in [0.717, 1.165) is 6.54 Å². The van der Waals surface area contributed by atoms with Crippen LogP contribution in [0.15, 0.2) is 24.3 Å². The number of Topliss-reactive ketones (excluding diaryl/α,β-unsaturated/α-hetero) is 1. The van der Waals surface area contributed by atoms with Crippen molar-refractivity contribution < 1.29 is 9.53 Å². The van der Waals surface area contributed by atoms with Gasteiger partial charge in [-0.05, 0) is 46.8 Å². The van der Waals surface area contributed by atoms with Crippen molar-refractivity contribution >= 4 is 5.78 Å². The third-order valence-electron chi connectivity index (χ3n) is 3.20. The average molecular weight is 263 g/mol. The van der Waals surface area contributed by atoms with Gasteiger partial charge in [-0.3, -0.25) is 9.69 Å². The fourth-order valence-corrected chi connectivity index (χ4v) is 2.26. The monoisotopic (exact) mass is 263 g/mol. The van der Waals surface area contributed by atoms with Crippen LogP contribution in [0.25, 0.3) is 0 Å². The highest BCUT2D eigenvalue weighted by molar-refractivity contribution is 5.96.